The summed E-state index contributed by atoms with van der Waals surface area (Å²) in [7, 11) is 0. The van der Waals surface area contributed by atoms with E-state index in [9.17, 15) is 10.2 Å². The van der Waals surface area contributed by atoms with Gasteiger partial charge in [-0.1, -0.05) is 24.3 Å². The van der Waals surface area contributed by atoms with Crippen LogP contribution in [0.5, 0.6) is 11.5 Å². The van der Waals surface area contributed by atoms with Gasteiger partial charge >= 0.3 is 0 Å². The van der Waals surface area contributed by atoms with Crippen LogP contribution in [0.3, 0.4) is 0 Å². The van der Waals surface area contributed by atoms with Gasteiger partial charge in [-0.15, -0.1) is 0 Å². The number of para-hydroxylation sites is 2. The van der Waals surface area contributed by atoms with Crippen LogP contribution in [0.1, 0.15) is 34.1 Å². The summed E-state index contributed by atoms with van der Waals surface area (Å²) in [6.07, 6.45) is 0.943. The fourth-order valence-corrected chi connectivity index (χ4v) is 6.63. The normalized spacial score (nSPS) is 16.1. The number of fused-ring (bicyclic) bond motifs is 6. The highest BCUT2D eigenvalue weighted by Crippen LogP contribution is 2.49. The van der Waals surface area contributed by atoms with E-state index in [-0.39, 0.29) is 22.6 Å². The minimum absolute atomic E-state index is 0.146. The summed E-state index contributed by atoms with van der Waals surface area (Å²) in [6.45, 7) is 9.14. The predicted molar refractivity (Wildman–Crippen MR) is 148 cm³/mol. The van der Waals surface area contributed by atoms with Gasteiger partial charge in [-0.25, -0.2) is 9.97 Å². The Kier molecular flexibility index (Phi) is 4.22. The molecule has 6 nitrogen and oxygen atoms in total. The smallest absolute Gasteiger partial charge is 0.126 e. The number of aromatic hydroxyl groups is 2. The molecule has 0 fully saturated rings. The maximum Gasteiger partial charge on any atom is 0.126 e. The van der Waals surface area contributed by atoms with Crippen molar-refractivity contribution in [2.75, 3.05) is 0 Å². The van der Waals surface area contributed by atoms with Crippen molar-refractivity contribution >= 4 is 33.1 Å². The van der Waals surface area contributed by atoms with Crippen LogP contribution in [-0.4, -0.2) is 29.3 Å². The highest BCUT2D eigenvalue weighted by molar-refractivity contribution is 6.19. The molecule has 0 bridgehead atoms. The van der Waals surface area contributed by atoms with E-state index < -0.39 is 0 Å². The molecule has 0 unspecified atom stereocenters. The molecule has 184 valence electrons. The average molecular weight is 489 g/mol. The first-order valence-electron chi connectivity index (χ1n) is 12.6. The SMILES string of the molecule is CC1(C)CC(C)(C)n2c3ccc(-c4ccccc4O)nc3c3c4nc(-c5ccccc5O)ccc4n1c32. The predicted octanol–water partition coefficient (Wildman–Crippen LogP) is 7.16. The molecule has 0 saturated carbocycles. The lowest BCUT2D eigenvalue weighted by Crippen LogP contribution is -2.43. The van der Waals surface area contributed by atoms with E-state index in [1.54, 1.807) is 12.1 Å². The molecule has 2 N–H and O–H groups in total. The van der Waals surface area contributed by atoms with Gasteiger partial charge in [-0.2, -0.15) is 0 Å². The molecule has 0 saturated heterocycles. The molecule has 0 spiro atoms. The Morgan fingerprint density at radius 1 is 0.622 bits per heavy atom. The lowest BCUT2D eigenvalue weighted by molar-refractivity contribution is 0.188. The Hall–Kier alpha value is -4.32. The van der Waals surface area contributed by atoms with Crippen molar-refractivity contribution in [3.63, 3.8) is 0 Å². The molecule has 4 aromatic heterocycles. The molecule has 0 amide bonds. The van der Waals surface area contributed by atoms with Crippen LogP contribution in [0.15, 0.2) is 72.8 Å². The summed E-state index contributed by atoms with van der Waals surface area (Å²) in [5, 5.41) is 22.1. The van der Waals surface area contributed by atoms with Crippen molar-refractivity contribution in [2.45, 2.75) is 45.2 Å². The highest BCUT2D eigenvalue weighted by Gasteiger charge is 2.42. The molecule has 0 radical (unpaired) electrons. The molecule has 1 aliphatic rings. The number of benzene rings is 2. The zero-order valence-corrected chi connectivity index (χ0v) is 21.3. The quantitative estimate of drug-likeness (QED) is 0.271. The second kappa shape index (κ2) is 7.13. The number of phenolic OH excluding ortho intramolecular Hbond substituents is 2. The highest BCUT2D eigenvalue weighted by atomic mass is 16.3. The number of hydrogen-bond acceptors (Lipinski definition) is 4. The van der Waals surface area contributed by atoms with Crippen LogP contribution < -0.4 is 0 Å². The molecular formula is C31H28N4O2. The summed E-state index contributed by atoms with van der Waals surface area (Å²) >= 11 is 0. The van der Waals surface area contributed by atoms with Gasteiger partial charge in [0.1, 0.15) is 28.2 Å². The molecular weight excluding hydrogens is 460 g/mol. The van der Waals surface area contributed by atoms with Crippen molar-refractivity contribution in [1.82, 2.24) is 19.1 Å². The van der Waals surface area contributed by atoms with E-state index in [0.29, 0.717) is 11.1 Å². The number of pyridine rings is 2. The van der Waals surface area contributed by atoms with Crippen LogP contribution in [0.4, 0.5) is 0 Å². The van der Waals surface area contributed by atoms with Crippen LogP contribution >= 0.6 is 0 Å². The number of phenols is 2. The first-order chi connectivity index (χ1) is 17.7. The minimum atomic E-state index is -0.146. The van der Waals surface area contributed by atoms with Gasteiger partial charge in [0, 0.05) is 22.2 Å². The van der Waals surface area contributed by atoms with Crippen LogP contribution in [0, 0.1) is 0 Å². The number of nitrogens with zero attached hydrogens (tertiary/aromatic N) is 4. The molecule has 2 aromatic carbocycles. The Labute approximate surface area is 214 Å². The topological polar surface area (TPSA) is 76.1 Å². The van der Waals surface area contributed by atoms with Crippen LogP contribution in [0.2, 0.25) is 0 Å². The van der Waals surface area contributed by atoms with E-state index in [1.807, 2.05) is 48.5 Å². The lowest BCUT2D eigenvalue weighted by atomic mass is 9.84. The third-order valence-electron chi connectivity index (χ3n) is 7.79. The Morgan fingerprint density at radius 3 is 1.49 bits per heavy atom. The van der Waals surface area contributed by atoms with Crippen molar-refractivity contribution < 1.29 is 10.2 Å². The molecule has 37 heavy (non-hydrogen) atoms. The standard InChI is InChI=1S/C31H28N4O2/c1-30(2)17-31(3,4)35-23-16-14-21(19-10-6-8-12-25(19)37)33-28(23)26-27-22(34(30)29(26)35)15-13-20(32-27)18-9-5-7-11-24(18)36/h5-16,36-37H,17H2,1-4H3. The lowest BCUT2D eigenvalue weighted by Gasteiger charge is -2.43. The molecule has 6 heteroatoms. The molecule has 6 aromatic rings. The van der Waals surface area contributed by atoms with E-state index in [2.05, 4.69) is 49.0 Å². The maximum atomic E-state index is 10.5. The molecule has 0 aliphatic carbocycles. The van der Waals surface area contributed by atoms with Gasteiger partial charge in [-0.05, 0) is 82.6 Å². The fraction of sp³-hybridized carbons (Fsp3) is 0.226. The Balaban J connectivity index is 1.65. The molecule has 5 heterocycles. The van der Waals surface area contributed by atoms with Crippen molar-refractivity contribution in [2.24, 2.45) is 0 Å². The summed E-state index contributed by atoms with van der Waals surface area (Å²) in [6, 6.07) is 22.8. The second-order valence-corrected chi connectivity index (χ2v) is 11.3. The molecule has 0 atom stereocenters. The van der Waals surface area contributed by atoms with E-state index in [0.717, 1.165) is 50.9 Å². The summed E-state index contributed by atoms with van der Waals surface area (Å²) in [4.78, 5) is 10.3. The average Bonchev–Trinajstić information content (AvgIpc) is 3.36. The number of aromatic nitrogens is 4. The van der Waals surface area contributed by atoms with Gasteiger partial charge in [0.15, 0.2) is 0 Å². The van der Waals surface area contributed by atoms with E-state index >= 15 is 0 Å². The minimum Gasteiger partial charge on any atom is -0.507 e. The van der Waals surface area contributed by atoms with Crippen molar-refractivity contribution in [1.29, 1.82) is 0 Å². The van der Waals surface area contributed by atoms with Gasteiger partial charge < -0.3 is 19.3 Å². The number of rotatable bonds is 2. The Morgan fingerprint density at radius 2 is 1.05 bits per heavy atom. The zero-order chi connectivity index (χ0) is 25.7. The number of hydrogen-bond donors (Lipinski definition) is 2. The first-order valence-corrected chi connectivity index (χ1v) is 12.6. The third kappa shape index (κ3) is 2.92. The van der Waals surface area contributed by atoms with Gasteiger partial charge in [0.05, 0.1) is 27.8 Å². The molecule has 7 rings (SSSR count). The van der Waals surface area contributed by atoms with Gasteiger partial charge in [0.2, 0.25) is 0 Å². The zero-order valence-electron chi connectivity index (χ0n) is 21.3. The van der Waals surface area contributed by atoms with Crippen molar-refractivity contribution in [3.05, 3.63) is 72.8 Å². The summed E-state index contributed by atoms with van der Waals surface area (Å²) < 4.78 is 4.82. The monoisotopic (exact) mass is 488 g/mol. The third-order valence-corrected chi connectivity index (χ3v) is 7.79. The summed E-state index contributed by atoms with van der Waals surface area (Å²) in [5.74, 6) is 0.413. The maximum absolute atomic E-state index is 10.5. The van der Waals surface area contributed by atoms with E-state index in [1.165, 1.54) is 0 Å². The largest absolute Gasteiger partial charge is 0.507 e. The van der Waals surface area contributed by atoms with Gasteiger partial charge in [0.25, 0.3) is 0 Å². The van der Waals surface area contributed by atoms with E-state index in [4.69, 9.17) is 9.97 Å². The first kappa shape index (κ1) is 21.9. The van der Waals surface area contributed by atoms with Crippen molar-refractivity contribution in [3.8, 4) is 34.0 Å². The van der Waals surface area contributed by atoms with Gasteiger partial charge in [-0.3, -0.25) is 0 Å². The summed E-state index contributed by atoms with van der Waals surface area (Å²) in [5.41, 5.74) is 7.49. The second-order valence-electron chi connectivity index (χ2n) is 11.3. The van der Waals surface area contributed by atoms with Crippen LogP contribution in [0.25, 0.3) is 55.6 Å². The van der Waals surface area contributed by atoms with Crippen LogP contribution in [-0.2, 0) is 11.1 Å². The molecule has 1 aliphatic heterocycles. The fourth-order valence-electron chi connectivity index (χ4n) is 6.63. The Bertz CT molecular complexity index is 1760.